The van der Waals surface area contributed by atoms with Crippen molar-refractivity contribution in [1.82, 2.24) is 9.80 Å². The molecule has 1 aromatic heterocycles. The number of amides is 1. The van der Waals surface area contributed by atoms with Crippen molar-refractivity contribution in [3.8, 4) is 5.75 Å². The summed E-state index contributed by atoms with van der Waals surface area (Å²) in [6.07, 6.45) is -1.66. The summed E-state index contributed by atoms with van der Waals surface area (Å²) in [4.78, 5) is 26.1. The number of halogens is 3. The Bertz CT molecular complexity index is 942. The van der Waals surface area contributed by atoms with Crippen molar-refractivity contribution in [2.75, 3.05) is 33.8 Å². The minimum Gasteiger partial charge on any atom is -0.493 e. The number of aliphatic carboxylic acids is 1. The Morgan fingerprint density at radius 2 is 1.93 bits per heavy atom. The molecule has 1 unspecified atom stereocenters. The molecule has 30 heavy (non-hydrogen) atoms. The number of fused-ring (bicyclic) bond motifs is 1. The highest BCUT2D eigenvalue weighted by Crippen LogP contribution is 2.38. The lowest BCUT2D eigenvalue weighted by atomic mass is 9.78. The number of benzene rings is 1. The molecule has 0 bridgehead atoms. The normalized spacial score (nSPS) is 21.7. The second-order valence-corrected chi connectivity index (χ2v) is 7.52. The van der Waals surface area contributed by atoms with Gasteiger partial charge in [0.05, 0.1) is 7.11 Å². The lowest BCUT2D eigenvalue weighted by Gasteiger charge is -2.55. The van der Waals surface area contributed by atoms with E-state index < -0.39 is 12.1 Å². The van der Waals surface area contributed by atoms with Gasteiger partial charge in [-0.15, -0.1) is 0 Å². The maximum absolute atomic E-state index is 12.9. The maximum Gasteiger partial charge on any atom is 0.490 e. The number of methoxy groups -OCH3 is 1. The van der Waals surface area contributed by atoms with E-state index in [1.54, 1.807) is 7.11 Å². The van der Waals surface area contributed by atoms with Gasteiger partial charge >= 0.3 is 12.1 Å². The Morgan fingerprint density at radius 3 is 2.47 bits per heavy atom. The van der Waals surface area contributed by atoms with Gasteiger partial charge in [0.25, 0.3) is 5.91 Å². The van der Waals surface area contributed by atoms with Crippen LogP contribution < -0.4 is 4.74 Å². The smallest absolute Gasteiger partial charge is 0.490 e. The number of hydrogen-bond acceptors (Lipinski definition) is 5. The van der Waals surface area contributed by atoms with E-state index in [2.05, 4.69) is 11.9 Å². The fourth-order valence-electron chi connectivity index (χ4n) is 3.91. The molecule has 3 heterocycles. The second kappa shape index (κ2) is 8.17. The second-order valence-electron chi connectivity index (χ2n) is 7.52. The Balaban J connectivity index is 0.000000318. The third kappa shape index (κ3) is 4.23. The minimum absolute atomic E-state index is 0.0115. The highest BCUT2D eigenvalue weighted by Gasteiger charge is 2.46. The van der Waals surface area contributed by atoms with Crippen LogP contribution in [-0.4, -0.2) is 72.3 Å². The first-order valence-corrected chi connectivity index (χ1v) is 9.44. The Morgan fingerprint density at radius 1 is 1.23 bits per heavy atom. The van der Waals surface area contributed by atoms with Crippen molar-refractivity contribution in [1.29, 1.82) is 0 Å². The molecular weight excluding hydrogens is 405 g/mol. The number of furan rings is 1. The van der Waals surface area contributed by atoms with Gasteiger partial charge in [0.2, 0.25) is 0 Å². The number of rotatable bonds is 2. The van der Waals surface area contributed by atoms with E-state index in [4.69, 9.17) is 19.1 Å². The fourth-order valence-corrected chi connectivity index (χ4v) is 3.91. The van der Waals surface area contributed by atoms with E-state index in [1.807, 2.05) is 29.2 Å². The van der Waals surface area contributed by atoms with Crippen molar-refractivity contribution in [3.63, 3.8) is 0 Å². The van der Waals surface area contributed by atoms with Crippen molar-refractivity contribution in [2.24, 2.45) is 0 Å². The first kappa shape index (κ1) is 21.9. The van der Waals surface area contributed by atoms with Gasteiger partial charge in [0, 0.05) is 30.6 Å². The number of carboxylic acid groups (broad SMARTS) is 1. The molecule has 4 rings (SSSR count). The quantitative estimate of drug-likeness (QED) is 0.790. The van der Waals surface area contributed by atoms with Crippen LogP contribution in [-0.2, 0) is 4.79 Å². The molecule has 0 aliphatic carbocycles. The van der Waals surface area contributed by atoms with Gasteiger partial charge < -0.3 is 19.2 Å². The summed E-state index contributed by atoms with van der Waals surface area (Å²) in [5.41, 5.74) is 0.836. The summed E-state index contributed by atoms with van der Waals surface area (Å²) in [5, 5.41) is 8.03. The number of nitrogens with zero attached hydrogens (tertiary/aromatic N) is 2. The molecule has 2 saturated heterocycles. The van der Waals surface area contributed by atoms with E-state index in [9.17, 15) is 18.0 Å². The molecule has 1 atom stereocenters. The maximum atomic E-state index is 12.9. The number of piperidine rings is 1. The Kier molecular flexibility index (Phi) is 5.98. The number of carboxylic acids is 1. The molecule has 2 fully saturated rings. The first-order valence-electron chi connectivity index (χ1n) is 9.44. The van der Waals surface area contributed by atoms with Crippen LogP contribution in [0.2, 0.25) is 0 Å². The molecule has 7 nitrogen and oxygen atoms in total. The number of likely N-dealkylation sites (N-methyl/N-ethyl adjacent to an activating group) is 1. The molecule has 0 radical (unpaired) electrons. The lowest BCUT2D eigenvalue weighted by molar-refractivity contribution is -0.192. The molecule has 2 aliphatic heterocycles. The third-order valence-corrected chi connectivity index (χ3v) is 5.75. The number of likely N-dealkylation sites (tertiary alicyclic amines) is 2. The summed E-state index contributed by atoms with van der Waals surface area (Å²) in [6.45, 7) is 2.74. The predicted molar refractivity (Wildman–Crippen MR) is 102 cm³/mol. The van der Waals surface area contributed by atoms with Crippen LogP contribution in [0.4, 0.5) is 13.2 Å². The van der Waals surface area contributed by atoms with Crippen LogP contribution in [0.1, 0.15) is 29.8 Å². The van der Waals surface area contributed by atoms with Gasteiger partial charge in [0.15, 0.2) is 17.1 Å². The molecule has 2 aromatic rings. The van der Waals surface area contributed by atoms with E-state index >= 15 is 0 Å². The van der Waals surface area contributed by atoms with Crippen LogP contribution in [0, 0.1) is 0 Å². The molecule has 10 heteroatoms. The molecule has 1 N–H and O–H groups in total. The number of carbonyl (C=O) groups is 2. The van der Waals surface area contributed by atoms with Gasteiger partial charge in [-0.05, 0) is 38.4 Å². The molecule has 0 saturated carbocycles. The van der Waals surface area contributed by atoms with Gasteiger partial charge in [-0.2, -0.15) is 13.2 Å². The van der Waals surface area contributed by atoms with Crippen LogP contribution in [0.15, 0.2) is 28.7 Å². The fraction of sp³-hybridized carbons (Fsp3) is 0.500. The Labute approximate surface area is 171 Å². The van der Waals surface area contributed by atoms with Crippen LogP contribution in [0.25, 0.3) is 11.0 Å². The van der Waals surface area contributed by atoms with E-state index in [0.29, 0.717) is 17.1 Å². The minimum atomic E-state index is -5.08. The summed E-state index contributed by atoms with van der Waals surface area (Å²) >= 11 is 0. The standard InChI is InChI=1S/C18H22N2O3.C2HF3O2/c1-19-10-8-18(19)7-4-9-20(12-18)17(21)15-11-13-5-3-6-14(22-2)16(13)23-15;3-2(4,5)1(6)7/h3,5-6,11H,4,7-10,12H2,1-2H3;(H,6,7). The molecule has 164 valence electrons. The van der Waals surface area contributed by atoms with Crippen molar-refractivity contribution in [3.05, 3.63) is 30.0 Å². The molecule has 1 amide bonds. The summed E-state index contributed by atoms with van der Waals surface area (Å²) < 4.78 is 42.9. The van der Waals surface area contributed by atoms with Gasteiger partial charge in [-0.3, -0.25) is 9.69 Å². The predicted octanol–water partition coefficient (Wildman–Crippen LogP) is 3.39. The molecule has 1 aromatic carbocycles. The van der Waals surface area contributed by atoms with E-state index in [-0.39, 0.29) is 11.4 Å². The van der Waals surface area contributed by atoms with Crippen LogP contribution in [0.3, 0.4) is 0 Å². The SMILES string of the molecule is COc1cccc2cc(C(=O)N3CCCC4(CCN4C)C3)oc12.O=C(O)C(F)(F)F. The molecule has 2 aliphatic rings. The zero-order valence-electron chi connectivity index (χ0n) is 16.7. The highest BCUT2D eigenvalue weighted by atomic mass is 19.4. The molecular formula is C20H23F3N2O5. The van der Waals surface area contributed by atoms with Crippen molar-refractivity contribution < 1.29 is 37.0 Å². The highest BCUT2D eigenvalue weighted by molar-refractivity contribution is 5.97. The number of alkyl halides is 3. The average molecular weight is 428 g/mol. The van der Waals surface area contributed by atoms with Crippen molar-refractivity contribution in [2.45, 2.75) is 31.0 Å². The van der Waals surface area contributed by atoms with Gasteiger partial charge in [-0.1, -0.05) is 12.1 Å². The number of ether oxygens (including phenoxy) is 1. The summed E-state index contributed by atoms with van der Waals surface area (Å²) in [5.74, 6) is -1.70. The largest absolute Gasteiger partial charge is 0.493 e. The number of carbonyl (C=O) groups excluding carboxylic acids is 1. The van der Waals surface area contributed by atoms with E-state index in [1.165, 1.54) is 12.8 Å². The first-order chi connectivity index (χ1) is 14.1. The zero-order chi connectivity index (χ0) is 22.1. The average Bonchev–Trinajstić information content (AvgIpc) is 3.16. The van der Waals surface area contributed by atoms with Gasteiger partial charge in [-0.25, -0.2) is 4.79 Å². The summed E-state index contributed by atoms with van der Waals surface area (Å²) in [6, 6.07) is 7.52. The lowest BCUT2D eigenvalue weighted by Crippen LogP contribution is -2.65. The zero-order valence-corrected chi connectivity index (χ0v) is 16.7. The van der Waals surface area contributed by atoms with Crippen molar-refractivity contribution >= 4 is 22.8 Å². The van der Waals surface area contributed by atoms with E-state index in [0.717, 1.165) is 31.4 Å². The third-order valence-electron chi connectivity index (χ3n) is 5.75. The molecule has 1 spiro atoms. The van der Waals surface area contributed by atoms with Crippen LogP contribution >= 0.6 is 0 Å². The van der Waals surface area contributed by atoms with Gasteiger partial charge in [0.1, 0.15) is 0 Å². The number of para-hydroxylation sites is 1. The number of hydrogen-bond donors (Lipinski definition) is 1. The topological polar surface area (TPSA) is 83.2 Å². The summed E-state index contributed by atoms with van der Waals surface area (Å²) in [7, 11) is 3.77. The van der Waals surface area contributed by atoms with Crippen LogP contribution in [0.5, 0.6) is 5.75 Å². The monoisotopic (exact) mass is 428 g/mol. The Hall–Kier alpha value is -2.75.